The van der Waals surface area contributed by atoms with Gasteiger partial charge in [-0.25, -0.2) is 13.4 Å². The van der Waals surface area contributed by atoms with Crippen LogP contribution in [0.5, 0.6) is 0 Å². The number of hydrogen-bond acceptors (Lipinski definition) is 7. The lowest BCUT2D eigenvalue weighted by molar-refractivity contribution is 0.122. The summed E-state index contributed by atoms with van der Waals surface area (Å²) in [5, 5.41) is 0. The van der Waals surface area contributed by atoms with E-state index in [0.29, 0.717) is 43.8 Å². The van der Waals surface area contributed by atoms with Gasteiger partial charge in [-0.2, -0.15) is 4.98 Å². The molecule has 3 rings (SSSR count). The number of sulfonamides is 1. The van der Waals surface area contributed by atoms with Gasteiger partial charge in [0.15, 0.2) is 5.82 Å². The molecule has 1 fully saturated rings. The molecule has 1 saturated heterocycles. The van der Waals surface area contributed by atoms with E-state index in [0.717, 1.165) is 0 Å². The molecule has 25 heavy (non-hydrogen) atoms. The third kappa shape index (κ3) is 3.99. The first-order valence-electron chi connectivity index (χ1n) is 7.92. The summed E-state index contributed by atoms with van der Waals surface area (Å²) < 4.78 is 33.0. The zero-order valence-electron chi connectivity index (χ0n) is 14.2. The number of nitrogens with one attached hydrogen (secondary N) is 1. The Kier molecular flexibility index (Phi) is 5.05. The lowest BCUT2D eigenvalue weighted by Crippen LogP contribution is -2.37. The minimum Gasteiger partial charge on any atom is -0.378 e. The van der Waals surface area contributed by atoms with Gasteiger partial charge in [-0.05, 0) is 12.1 Å². The average molecular weight is 363 g/mol. The van der Waals surface area contributed by atoms with Crippen LogP contribution in [0.1, 0.15) is 0 Å². The minimum absolute atomic E-state index is 0.192. The third-order valence-corrected chi connectivity index (χ3v) is 5.15. The maximum atomic E-state index is 12.6. The fourth-order valence-corrected chi connectivity index (χ4v) is 3.56. The fourth-order valence-electron chi connectivity index (χ4n) is 2.50. The zero-order chi connectivity index (χ0) is 17.9. The van der Waals surface area contributed by atoms with Crippen molar-refractivity contribution in [2.75, 3.05) is 54.9 Å². The molecule has 0 atom stereocenters. The Morgan fingerprint density at radius 1 is 1.16 bits per heavy atom. The SMILES string of the molecule is CN(C)c1nc(N2CCOCC2)ncc1NS(=O)(=O)c1ccccc1. The van der Waals surface area contributed by atoms with Gasteiger partial charge < -0.3 is 14.5 Å². The predicted molar refractivity (Wildman–Crippen MR) is 96.6 cm³/mol. The zero-order valence-corrected chi connectivity index (χ0v) is 15.0. The first-order valence-corrected chi connectivity index (χ1v) is 9.40. The third-order valence-electron chi connectivity index (χ3n) is 3.77. The Balaban J connectivity index is 1.90. The van der Waals surface area contributed by atoms with Crippen molar-refractivity contribution in [1.29, 1.82) is 0 Å². The van der Waals surface area contributed by atoms with Gasteiger partial charge in [-0.15, -0.1) is 0 Å². The molecule has 0 amide bonds. The molecule has 0 spiro atoms. The number of hydrogen-bond donors (Lipinski definition) is 1. The first-order chi connectivity index (χ1) is 12.0. The lowest BCUT2D eigenvalue weighted by Gasteiger charge is -2.28. The second kappa shape index (κ2) is 7.24. The molecule has 0 unspecified atom stereocenters. The van der Waals surface area contributed by atoms with E-state index in [1.807, 2.05) is 19.0 Å². The highest BCUT2D eigenvalue weighted by atomic mass is 32.2. The summed E-state index contributed by atoms with van der Waals surface area (Å²) in [6.07, 6.45) is 1.51. The van der Waals surface area contributed by atoms with Crippen molar-refractivity contribution in [2.45, 2.75) is 4.90 Å². The van der Waals surface area contributed by atoms with Crippen LogP contribution in [-0.4, -0.2) is 58.8 Å². The van der Waals surface area contributed by atoms with Crippen LogP contribution >= 0.6 is 0 Å². The maximum absolute atomic E-state index is 12.6. The lowest BCUT2D eigenvalue weighted by atomic mass is 10.4. The highest BCUT2D eigenvalue weighted by molar-refractivity contribution is 7.92. The molecule has 1 aromatic carbocycles. The van der Waals surface area contributed by atoms with E-state index < -0.39 is 10.0 Å². The molecule has 0 saturated carbocycles. The van der Waals surface area contributed by atoms with Crippen molar-refractivity contribution in [3.8, 4) is 0 Å². The molecule has 134 valence electrons. The summed E-state index contributed by atoms with van der Waals surface area (Å²) in [6, 6.07) is 8.21. The van der Waals surface area contributed by atoms with Crippen molar-refractivity contribution in [3.05, 3.63) is 36.5 Å². The van der Waals surface area contributed by atoms with E-state index >= 15 is 0 Å². The smallest absolute Gasteiger partial charge is 0.262 e. The Bertz CT molecular complexity index is 821. The molecule has 2 heterocycles. The van der Waals surface area contributed by atoms with E-state index in [1.54, 1.807) is 35.2 Å². The Hall–Kier alpha value is -2.39. The molecule has 8 nitrogen and oxygen atoms in total. The first kappa shape index (κ1) is 17.4. The normalized spacial score (nSPS) is 15.0. The van der Waals surface area contributed by atoms with Gasteiger partial charge in [0.1, 0.15) is 5.69 Å². The van der Waals surface area contributed by atoms with Crippen LogP contribution in [0.4, 0.5) is 17.5 Å². The molecule has 1 N–H and O–H groups in total. The van der Waals surface area contributed by atoms with Crippen molar-refractivity contribution >= 4 is 27.5 Å². The summed E-state index contributed by atoms with van der Waals surface area (Å²) in [7, 11) is -0.0748. The molecule has 1 aromatic heterocycles. The fraction of sp³-hybridized carbons (Fsp3) is 0.375. The van der Waals surface area contributed by atoms with Crippen molar-refractivity contribution < 1.29 is 13.2 Å². The molecule has 1 aliphatic rings. The number of rotatable bonds is 5. The van der Waals surface area contributed by atoms with E-state index in [2.05, 4.69) is 14.7 Å². The monoisotopic (exact) mass is 363 g/mol. The van der Waals surface area contributed by atoms with E-state index in [1.165, 1.54) is 6.20 Å². The number of morpholine rings is 1. The highest BCUT2D eigenvalue weighted by Crippen LogP contribution is 2.26. The molecular formula is C16H21N5O3S. The second-order valence-electron chi connectivity index (χ2n) is 5.82. The van der Waals surface area contributed by atoms with Gasteiger partial charge in [-0.3, -0.25) is 4.72 Å². The summed E-state index contributed by atoms with van der Waals surface area (Å²) in [4.78, 5) is 12.8. The second-order valence-corrected chi connectivity index (χ2v) is 7.50. The average Bonchev–Trinajstić information content (AvgIpc) is 2.63. The van der Waals surface area contributed by atoms with Gasteiger partial charge in [0, 0.05) is 27.2 Å². The Morgan fingerprint density at radius 3 is 2.48 bits per heavy atom. The van der Waals surface area contributed by atoms with Crippen LogP contribution in [0.2, 0.25) is 0 Å². The minimum atomic E-state index is -3.70. The summed E-state index contributed by atoms with van der Waals surface area (Å²) in [5.41, 5.74) is 0.339. The van der Waals surface area contributed by atoms with Gasteiger partial charge in [0.05, 0.1) is 24.3 Å². The number of anilines is 3. The van der Waals surface area contributed by atoms with Crippen LogP contribution in [0.3, 0.4) is 0 Å². The summed E-state index contributed by atoms with van der Waals surface area (Å²) in [6.45, 7) is 2.68. The van der Waals surface area contributed by atoms with Crippen LogP contribution in [0, 0.1) is 0 Å². The molecule has 0 bridgehead atoms. The van der Waals surface area contributed by atoms with Crippen molar-refractivity contribution in [3.63, 3.8) is 0 Å². The van der Waals surface area contributed by atoms with Gasteiger partial charge >= 0.3 is 0 Å². The summed E-state index contributed by atoms with van der Waals surface area (Å²) >= 11 is 0. The molecule has 0 aliphatic carbocycles. The largest absolute Gasteiger partial charge is 0.378 e. The Labute approximate surface area is 147 Å². The van der Waals surface area contributed by atoms with E-state index in [4.69, 9.17) is 4.74 Å². The van der Waals surface area contributed by atoms with Gasteiger partial charge in [0.25, 0.3) is 10.0 Å². The molecule has 2 aromatic rings. The van der Waals surface area contributed by atoms with Crippen LogP contribution in [0.25, 0.3) is 0 Å². The van der Waals surface area contributed by atoms with E-state index in [-0.39, 0.29) is 4.90 Å². The highest BCUT2D eigenvalue weighted by Gasteiger charge is 2.20. The molecule has 0 radical (unpaired) electrons. The quantitative estimate of drug-likeness (QED) is 0.853. The molecule has 1 aliphatic heterocycles. The van der Waals surface area contributed by atoms with Crippen LogP contribution in [0.15, 0.2) is 41.4 Å². The summed E-state index contributed by atoms with van der Waals surface area (Å²) in [5.74, 6) is 1.07. The van der Waals surface area contributed by atoms with Crippen molar-refractivity contribution in [1.82, 2.24) is 9.97 Å². The molecular weight excluding hydrogens is 342 g/mol. The number of aromatic nitrogens is 2. The topological polar surface area (TPSA) is 87.7 Å². The van der Waals surface area contributed by atoms with Gasteiger partial charge in [0.2, 0.25) is 5.95 Å². The molecule has 9 heteroatoms. The van der Waals surface area contributed by atoms with Gasteiger partial charge in [-0.1, -0.05) is 18.2 Å². The van der Waals surface area contributed by atoms with E-state index in [9.17, 15) is 8.42 Å². The van der Waals surface area contributed by atoms with Crippen LogP contribution in [-0.2, 0) is 14.8 Å². The number of nitrogens with zero attached hydrogens (tertiary/aromatic N) is 4. The maximum Gasteiger partial charge on any atom is 0.262 e. The van der Waals surface area contributed by atoms with Crippen LogP contribution < -0.4 is 14.5 Å². The standard InChI is InChI=1S/C16H21N5O3S/c1-20(2)15-14(19-25(22,23)13-6-4-3-5-7-13)12-17-16(18-15)21-8-10-24-11-9-21/h3-7,12,19H,8-11H2,1-2H3. The van der Waals surface area contributed by atoms with Crippen molar-refractivity contribution in [2.24, 2.45) is 0 Å². The number of benzene rings is 1. The Morgan fingerprint density at radius 2 is 1.84 bits per heavy atom. The predicted octanol–water partition coefficient (Wildman–Crippen LogP) is 1.18. The number of ether oxygens (including phenoxy) is 1.